The van der Waals surface area contributed by atoms with Gasteiger partial charge in [0.25, 0.3) is 0 Å². The van der Waals surface area contributed by atoms with Crippen LogP contribution >= 0.6 is 0 Å². The van der Waals surface area contributed by atoms with E-state index >= 15 is 0 Å². The van der Waals surface area contributed by atoms with Crippen molar-refractivity contribution in [3.05, 3.63) is 35.9 Å². The normalized spacial score (nSPS) is 22.6. The largest absolute Gasteiger partial charge is 0.351 e. The van der Waals surface area contributed by atoms with Crippen molar-refractivity contribution < 1.29 is 14.3 Å². The maximum absolute atomic E-state index is 12.1. The number of ether oxygens (including phenoxy) is 2. The molecule has 1 fully saturated rings. The molecule has 1 saturated heterocycles. The van der Waals surface area contributed by atoms with Gasteiger partial charge in [-0.1, -0.05) is 37.3 Å². The van der Waals surface area contributed by atoms with Crippen LogP contribution in [-0.4, -0.2) is 37.4 Å². The van der Waals surface area contributed by atoms with Gasteiger partial charge in [-0.2, -0.15) is 0 Å². The Bertz CT molecular complexity index is 428. The topological polar surface area (TPSA) is 38.8 Å². The van der Waals surface area contributed by atoms with Crippen molar-refractivity contribution in [3.8, 4) is 0 Å². The van der Waals surface area contributed by atoms with Gasteiger partial charge >= 0.3 is 0 Å². The Morgan fingerprint density at radius 1 is 1.26 bits per heavy atom. The molecule has 0 unspecified atom stereocenters. The van der Waals surface area contributed by atoms with E-state index in [-0.39, 0.29) is 11.8 Å². The Hall–Kier alpha value is -1.39. The van der Waals surface area contributed by atoms with Crippen LogP contribution in [0.4, 0.5) is 0 Å². The predicted molar refractivity (Wildman–Crippen MR) is 72.4 cm³/mol. The van der Waals surface area contributed by atoms with Crippen LogP contribution < -0.4 is 0 Å². The first-order valence-electron chi connectivity index (χ1n) is 6.53. The van der Waals surface area contributed by atoms with Gasteiger partial charge in [0.15, 0.2) is 5.79 Å². The number of benzene rings is 1. The number of nitrogens with zero attached hydrogens (tertiary/aromatic N) is 1. The smallest absolute Gasteiger partial charge is 0.223 e. The van der Waals surface area contributed by atoms with E-state index in [1.165, 1.54) is 0 Å². The van der Waals surface area contributed by atoms with Crippen LogP contribution in [-0.2, 0) is 20.8 Å². The highest BCUT2D eigenvalue weighted by Gasteiger charge is 2.44. The third-order valence-electron chi connectivity index (χ3n) is 3.90. The minimum absolute atomic E-state index is 0.0574. The molecule has 0 radical (unpaired) electrons. The van der Waals surface area contributed by atoms with E-state index in [1.54, 1.807) is 14.2 Å². The minimum atomic E-state index is -0.692. The van der Waals surface area contributed by atoms with Crippen LogP contribution in [0.5, 0.6) is 0 Å². The van der Waals surface area contributed by atoms with Gasteiger partial charge < -0.3 is 14.4 Å². The van der Waals surface area contributed by atoms with Gasteiger partial charge in [-0.3, -0.25) is 4.79 Å². The molecule has 0 N–H and O–H groups in total. The molecular formula is C15H21NO3. The number of hydrogen-bond acceptors (Lipinski definition) is 3. The summed E-state index contributed by atoms with van der Waals surface area (Å²) in [5.41, 5.74) is 1.12. The molecule has 0 aromatic heterocycles. The number of piperidine rings is 1. The summed E-state index contributed by atoms with van der Waals surface area (Å²) in [5.74, 6) is -0.481. The van der Waals surface area contributed by atoms with Gasteiger partial charge in [-0.25, -0.2) is 0 Å². The number of carbonyl (C=O) groups excluding carboxylic acids is 1. The van der Waals surface area contributed by atoms with E-state index in [9.17, 15) is 4.79 Å². The Morgan fingerprint density at radius 3 is 2.47 bits per heavy atom. The van der Waals surface area contributed by atoms with Crippen molar-refractivity contribution in [3.63, 3.8) is 0 Å². The summed E-state index contributed by atoms with van der Waals surface area (Å²) < 4.78 is 11.1. The zero-order chi connectivity index (χ0) is 13.9. The van der Waals surface area contributed by atoms with Gasteiger partial charge in [-0.15, -0.1) is 0 Å². The molecule has 4 heteroatoms. The lowest BCUT2D eigenvalue weighted by molar-refractivity contribution is -0.256. The second-order valence-corrected chi connectivity index (χ2v) is 5.06. The van der Waals surface area contributed by atoms with Crippen LogP contribution in [0.15, 0.2) is 30.3 Å². The molecular weight excluding hydrogens is 242 g/mol. The second kappa shape index (κ2) is 5.72. The van der Waals surface area contributed by atoms with E-state index in [0.29, 0.717) is 19.5 Å². The van der Waals surface area contributed by atoms with Crippen LogP contribution in [0.25, 0.3) is 0 Å². The van der Waals surface area contributed by atoms with E-state index in [4.69, 9.17) is 9.47 Å². The van der Waals surface area contributed by atoms with Crippen LogP contribution in [0.1, 0.15) is 18.9 Å². The predicted octanol–water partition coefficient (Wildman–Crippen LogP) is 2.04. The molecule has 0 spiro atoms. The van der Waals surface area contributed by atoms with Gasteiger partial charge in [0.1, 0.15) is 0 Å². The fourth-order valence-electron chi connectivity index (χ4n) is 2.62. The zero-order valence-corrected chi connectivity index (χ0v) is 11.8. The quantitative estimate of drug-likeness (QED) is 0.780. The molecule has 1 aromatic carbocycles. The molecule has 1 heterocycles. The lowest BCUT2D eigenvalue weighted by Crippen LogP contribution is -2.57. The van der Waals surface area contributed by atoms with E-state index in [0.717, 1.165) is 5.56 Å². The highest BCUT2D eigenvalue weighted by atomic mass is 16.7. The van der Waals surface area contributed by atoms with Crippen molar-refractivity contribution in [1.29, 1.82) is 0 Å². The molecule has 0 aliphatic carbocycles. The number of carbonyl (C=O) groups is 1. The molecule has 1 aromatic rings. The van der Waals surface area contributed by atoms with E-state index in [2.05, 4.69) is 0 Å². The van der Waals surface area contributed by atoms with Crippen molar-refractivity contribution in [2.75, 3.05) is 20.8 Å². The van der Waals surface area contributed by atoms with Gasteiger partial charge in [0.2, 0.25) is 5.91 Å². The molecule has 104 valence electrons. The molecule has 4 nitrogen and oxygen atoms in total. The SMILES string of the molecule is COC1(OC)CN(Cc2ccccc2)C(=O)C[C@@H]1C. The summed E-state index contributed by atoms with van der Waals surface area (Å²) >= 11 is 0. The van der Waals surface area contributed by atoms with Gasteiger partial charge in [-0.05, 0) is 5.56 Å². The maximum Gasteiger partial charge on any atom is 0.223 e. The first-order chi connectivity index (χ1) is 9.11. The van der Waals surface area contributed by atoms with Gasteiger partial charge in [0.05, 0.1) is 6.54 Å². The fourth-order valence-corrected chi connectivity index (χ4v) is 2.62. The fraction of sp³-hybridized carbons (Fsp3) is 0.533. The average Bonchev–Trinajstić information content (AvgIpc) is 2.43. The summed E-state index contributed by atoms with van der Waals surface area (Å²) in [6.07, 6.45) is 0.453. The van der Waals surface area contributed by atoms with Crippen LogP contribution in [0.3, 0.4) is 0 Å². The zero-order valence-electron chi connectivity index (χ0n) is 11.8. The molecule has 0 bridgehead atoms. The van der Waals surface area contributed by atoms with Crippen LogP contribution in [0, 0.1) is 5.92 Å². The maximum atomic E-state index is 12.1. The Morgan fingerprint density at radius 2 is 1.89 bits per heavy atom. The summed E-state index contributed by atoms with van der Waals surface area (Å²) in [7, 11) is 3.27. The molecule has 1 aliphatic rings. The summed E-state index contributed by atoms with van der Waals surface area (Å²) in [4.78, 5) is 14.0. The number of likely N-dealkylation sites (tertiary alicyclic amines) is 1. The van der Waals surface area contributed by atoms with Crippen LogP contribution in [0.2, 0.25) is 0 Å². The number of hydrogen-bond donors (Lipinski definition) is 0. The van der Waals surface area contributed by atoms with Crippen molar-refractivity contribution in [1.82, 2.24) is 4.90 Å². The molecule has 1 aliphatic heterocycles. The second-order valence-electron chi connectivity index (χ2n) is 5.06. The Balaban J connectivity index is 2.14. The summed E-state index contributed by atoms with van der Waals surface area (Å²) in [5, 5.41) is 0. The first-order valence-corrected chi connectivity index (χ1v) is 6.53. The average molecular weight is 263 g/mol. The highest BCUT2D eigenvalue weighted by molar-refractivity contribution is 5.77. The molecule has 0 saturated carbocycles. The summed E-state index contributed by atoms with van der Waals surface area (Å²) in [6, 6.07) is 9.97. The Labute approximate surface area is 114 Å². The van der Waals surface area contributed by atoms with E-state index < -0.39 is 5.79 Å². The third kappa shape index (κ3) is 2.80. The molecule has 2 rings (SSSR count). The Kier molecular flexibility index (Phi) is 4.22. The number of rotatable bonds is 4. The highest BCUT2D eigenvalue weighted by Crippen LogP contribution is 2.32. The van der Waals surface area contributed by atoms with E-state index in [1.807, 2.05) is 42.2 Å². The third-order valence-corrected chi connectivity index (χ3v) is 3.90. The van der Waals surface area contributed by atoms with Crippen molar-refractivity contribution in [2.24, 2.45) is 5.92 Å². The van der Waals surface area contributed by atoms with Crippen molar-refractivity contribution in [2.45, 2.75) is 25.7 Å². The lowest BCUT2D eigenvalue weighted by atomic mass is 9.91. The minimum Gasteiger partial charge on any atom is -0.351 e. The molecule has 1 atom stereocenters. The van der Waals surface area contributed by atoms with Gasteiger partial charge in [0, 0.05) is 33.1 Å². The molecule has 19 heavy (non-hydrogen) atoms. The number of amides is 1. The standard InChI is InChI=1S/C15H21NO3/c1-12-9-14(17)16(11-15(12,18-2)19-3)10-13-7-5-4-6-8-13/h4-8,12H,9-11H2,1-3H3/t12-/m0/s1. The number of methoxy groups -OCH3 is 2. The molecule has 1 amide bonds. The summed E-state index contributed by atoms with van der Waals surface area (Å²) in [6.45, 7) is 3.06. The lowest BCUT2D eigenvalue weighted by Gasteiger charge is -2.44. The first kappa shape index (κ1) is 14.0. The van der Waals surface area contributed by atoms with Crippen molar-refractivity contribution >= 4 is 5.91 Å². The monoisotopic (exact) mass is 263 g/mol.